The average molecular weight is 505 g/mol. The quantitative estimate of drug-likeness (QED) is 0.345. The Morgan fingerprint density at radius 2 is 1.22 bits per heavy atom. The second-order valence-electron chi connectivity index (χ2n) is 9.46. The third kappa shape index (κ3) is 8.79. The fourth-order valence-electron chi connectivity index (χ4n) is 3.11. The molecule has 3 heterocycles. The van der Waals surface area contributed by atoms with Crippen molar-refractivity contribution in [1.82, 2.24) is 29.8 Å². The summed E-state index contributed by atoms with van der Waals surface area (Å²) in [5.41, 5.74) is 2.99. The fraction of sp³-hybridized carbons (Fsp3) is 0.357. The number of Topliss-reactive ketones (excluding diaryl/α,β-unsaturated/α-hetero) is 3. The Hall–Kier alpha value is -4.14. The van der Waals surface area contributed by atoms with Gasteiger partial charge in [-0.3, -0.25) is 24.2 Å². The molecule has 4 aromatic rings. The minimum atomic E-state index is 0.00780. The van der Waals surface area contributed by atoms with E-state index in [9.17, 15) is 14.4 Å². The molecular formula is C28H36N6O3. The van der Waals surface area contributed by atoms with Gasteiger partial charge in [-0.25, -0.2) is 4.68 Å². The van der Waals surface area contributed by atoms with Gasteiger partial charge in [0.2, 0.25) is 0 Å². The average Bonchev–Trinajstić information content (AvgIpc) is 3.66. The molecule has 0 bridgehead atoms. The number of aromatic amines is 1. The van der Waals surface area contributed by atoms with E-state index in [0.717, 1.165) is 5.69 Å². The molecule has 3 aromatic heterocycles. The number of aryl methyl sites for hydroxylation is 1. The van der Waals surface area contributed by atoms with E-state index in [0.29, 0.717) is 16.7 Å². The van der Waals surface area contributed by atoms with E-state index in [-0.39, 0.29) is 35.1 Å². The molecule has 0 unspecified atom stereocenters. The SMILES string of the molecule is CC(C)C(=O)c1cn[nH]c1.CC(C)C(=O)c1cnn(-c2ccccc2)c1.CC(C)C(=O)c1cnn(C)c1. The molecular weight excluding hydrogens is 468 g/mol. The molecule has 1 aromatic carbocycles. The molecule has 37 heavy (non-hydrogen) atoms. The van der Waals surface area contributed by atoms with E-state index < -0.39 is 0 Å². The smallest absolute Gasteiger partial charge is 0.168 e. The van der Waals surface area contributed by atoms with E-state index in [1.807, 2.05) is 71.9 Å². The van der Waals surface area contributed by atoms with E-state index in [1.54, 1.807) is 53.6 Å². The number of H-pyrrole nitrogens is 1. The fourth-order valence-corrected chi connectivity index (χ4v) is 3.11. The summed E-state index contributed by atoms with van der Waals surface area (Å²) in [6, 6.07) is 9.75. The topological polar surface area (TPSA) is 116 Å². The second-order valence-corrected chi connectivity index (χ2v) is 9.46. The minimum Gasteiger partial charge on any atom is -0.294 e. The molecule has 0 atom stereocenters. The number of aromatic nitrogens is 6. The highest BCUT2D eigenvalue weighted by atomic mass is 16.1. The van der Waals surface area contributed by atoms with Crippen molar-refractivity contribution in [2.24, 2.45) is 24.8 Å². The third-order valence-corrected chi connectivity index (χ3v) is 5.23. The summed E-state index contributed by atoms with van der Waals surface area (Å²) in [6.45, 7) is 11.3. The second kappa shape index (κ2) is 13.8. The molecule has 0 aliphatic carbocycles. The lowest BCUT2D eigenvalue weighted by molar-refractivity contribution is 0.0932. The first-order valence-electron chi connectivity index (χ1n) is 12.2. The number of para-hydroxylation sites is 1. The summed E-state index contributed by atoms with van der Waals surface area (Å²) >= 11 is 0. The van der Waals surface area contributed by atoms with Crippen LogP contribution in [0.2, 0.25) is 0 Å². The number of nitrogens with one attached hydrogen (secondary N) is 1. The van der Waals surface area contributed by atoms with E-state index in [4.69, 9.17) is 0 Å². The Labute approximate surface area is 217 Å². The van der Waals surface area contributed by atoms with Crippen molar-refractivity contribution in [2.45, 2.75) is 41.5 Å². The van der Waals surface area contributed by atoms with Crippen LogP contribution in [-0.2, 0) is 7.05 Å². The highest BCUT2D eigenvalue weighted by molar-refractivity contribution is 5.97. The van der Waals surface area contributed by atoms with Crippen molar-refractivity contribution in [3.05, 3.63) is 84.2 Å². The molecule has 0 saturated carbocycles. The van der Waals surface area contributed by atoms with Crippen LogP contribution in [0.15, 0.2) is 67.5 Å². The largest absolute Gasteiger partial charge is 0.294 e. The van der Waals surface area contributed by atoms with Gasteiger partial charge in [0.15, 0.2) is 17.3 Å². The van der Waals surface area contributed by atoms with Crippen LogP contribution < -0.4 is 0 Å². The number of rotatable bonds is 7. The van der Waals surface area contributed by atoms with Gasteiger partial charge in [0.05, 0.1) is 41.0 Å². The van der Waals surface area contributed by atoms with Crippen molar-refractivity contribution in [2.75, 3.05) is 0 Å². The van der Waals surface area contributed by atoms with Gasteiger partial charge in [-0.2, -0.15) is 15.3 Å². The Kier molecular flexibility index (Phi) is 10.9. The van der Waals surface area contributed by atoms with Gasteiger partial charge in [0, 0.05) is 43.4 Å². The molecule has 9 nitrogen and oxygen atoms in total. The summed E-state index contributed by atoms with van der Waals surface area (Å²) in [4.78, 5) is 34.2. The molecule has 4 rings (SSSR count). The van der Waals surface area contributed by atoms with Gasteiger partial charge < -0.3 is 0 Å². The maximum Gasteiger partial charge on any atom is 0.168 e. The summed E-state index contributed by atoms with van der Waals surface area (Å²) in [7, 11) is 1.80. The number of nitrogens with zero attached hydrogens (tertiary/aromatic N) is 5. The Morgan fingerprint density at radius 3 is 1.68 bits per heavy atom. The zero-order chi connectivity index (χ0) is 27.5. The number of hydrogen-bond acceptors (Lipinski definition) is 6. The first kappa shape index (κ1) is 29.1. The highest BCUT2D eigenvalue weighted by Gasteiger charge is 2.13. The molecule has 196 valence electrons. The number of hydrogen-bond donors (Lipinski definition) is 1. The molecule has 0 spiro atoms. The van der Waals surface area contributed by atoms with E-state index >= 15 is 0 Å². The minimum absolute atomic E-state index is 0.00780. The monoisotopic (exact) mass is 504 g/mol. The van der Waals surface area contributed by atoms with Crippen LogP contribution in [0.5, 0.6) is 0 Å². The first-order valence-corrected chi connectivity index (χ1v) is 12.2. The molecule has 1 N–H and O–H groups in total. The molecule has 0 saturated heterocycles. The molecule has 0 amide bonds. The number of carbonyl (C=O) groups is 3. The normalized spacial score (nSPS) is 10.5. The van der Waals surface area contributed by atoms with Crippen LogP contribution in [0.3, 0.4) is 0 Å². The van der Waals surface area contributed by atoms with Gasteiger partial charge in [-0.1, -0.05) is 59.7 Å². The van der Waals surface area contributed by atoms with Gasteiger partial charge in [0.1, 0.15) is 0 Å². The van der Waals surface area contributed by atoms with E-state index in [2.05, 4.69) is 20.4 Å². The number of ketones is 3. The standard InChI is InChI=1S/C13H14N2O.C8H12N2O.C7H10N2O/c1-10(2)13(16)11-8-14-15(9-11)12-6-4-3-5-7-12;1-6(2)8(11)7-4-9-10(3)5-7;1-5(2)7(10)6-3-8-9-4-6/h3-10H,1-2H3;4-6H,1-3H3;3-5H,1-2H3,(H,8,9). The zero-order valence-corrected chi connectivity index (χ0v) is 22.5. The predicted octanol–water partition coefficient (Wildman–Crippen LogP) is 5.22. The lowest BCUT2D eigenvalue weighted by Gasteiger charge is -2.00. The number of benzene rings is 1. The molecule has 9 heteroatoms. The van der Waals surface area contributed by atoms with Gasteiger partial charge in [-0.05, 0) is 12.1 Å². The van der Waals surface area contributed by atoms with Crippen molar-refractivity contribution in [1.29, 1.82) is 0 Å². The molecule has 0 aliphatic heterocycles. The van der Waals surface area contributed by atoms with Crippen LogP contribution in [0.25, 0.3) is 5.69 Å². The summed E-state index contributed by atoms with van der Waals surface area (Å²) in [5, 5.41) is 14.4. The van der Waals surface area contributed by atoms with E-state index in [1.165, 1.54) is 0 Å². The Morgan fingerprint density at radius 1 is 0.703 bits per heavy atom. The summed E-state index contributed by atoms with van der Waals surface area (Å²) in [5.74, 6) is 0.527. The van der Waals surface area contributed by atoms with Crippen LogP contribution in [-0.4, -0.2) is 47.1 Å². The van der Waals surface area contributed by atoms with Gasteiger partial charge in [-0.15, -0.1) is 0 Å². The predicted molar refractivity (Wildman–Crippen MR) is 143 cm³/mol. The number of carbonyl (C=O) groups excluding carboxylic acids is 3. The van der Waals surface area contributed by atoms with Crippen molar-refractivity contribution >= 4 is 17.3 Å². The molecule has 0 radical (unpaired) electrons. The van der Waals surface area contributed by atoms with Crippen LogP contribution >= 0.6 is 0 Å². The highest BCUT2D eigenvalue weighted by Crippen LogP contribution is 2.11. The molecule has 0 aliphatic rings. The van der Waals surface area contributed by atoms with Crippen molar-refractivity contribution < 1.29 is 14.4 Å². The van der Waals surface area contributed by atoms with Crippen molar-refractivity contribution in [3.63, 3.8) is 0 Å². The maximum absolute atomic E-state index is 11.7. The Balaban J connectivity index is 0.000000203. The van der Waals surface area contributed by atoms with Gasteiger partial charge >= 0.3 is 0 Å². The zero-order valence-electron chi connectivity index (χ0n) is 22.5. The third-order valence-electron chi connectivity index (χ3n) is 5.23. The van der Waals surface area contributed by atoms with Crippen molar-refractivity contribution in [3.8, 4) is 5.69 Å². The van der Waals surface area contributed by atoms with Crippen LogP contribution in [0.4, 0.5) is 0 Å². The van der Waals surface area contributed by atoms with Crippen LogP contribution in [0.1, 0.15) is 72.6 Å². The summed E-state index contributed by atoms with van der Waals surface area (Å²) < 4.78 is 3.35. The molecule has 0 fully saturated rings. The van der Waals surface area contributed by atoms with Gasteiger partial charge in [0.25, 0.3) is 0 Å². The first-order chi connectivity index (χ1) is 17.5. The lowest BCUT2D eigenvalue weighted by Crippen LogP contribution is -2.06. The maximum atomic E-state index is 11.7. The lowest BCUT2D eigenvalue weighted by atomic mass is 10.0. The summed E-state index contributed by atoms with van der Waals surface area (Å²) in [6.07, 6.45) is 9.89. The Bertz CT molecular complexity index is 1270. The van der Waals surface area contributed by atoms with Crippen LogP contribution in [0, 0.1) is 17.8 Å².